The van der Waals surface area contributed by atoms with Crippen molar-refractivity contribution in [3.8, 4) is 0 Å². The van der Waals surface area contributed by atoms with E-state index in [2.05, 4.69) is 20.6 Å². The van der Waals surface area contributed by atoms with Crippen molar-refractivity contribution < 1.29 is 23.2 Å². The summed E-state index contributed by atoms with van der Waals surface area (Å²) in [6.07, 6.45) is 4.92. The highest BCUT2D eigenvalue weighted by Gasteiger charge is 2.47. The summed E-state index contributed by atoms with van der Waals surface area (Å²) in [7, 11) is 0. The van der Waals surface area contributed by atoms with Crippen LogP contribution in [-0.4, -0.2) is 46.8 Å². The quantitative estimate of drug-likeness (QED) is 0.553. The lowest BCUT2D eigenvalue weighted by atomic mass is 9.67. The molecule has 0 unspecified atom stereocenters. The first-order valence-corrected chi connectivity index (χ1v) is 11.7. The van der Waals surface area contributed by atoms with Gasteiger partial charge in [-0.25, -0.2) is 13.8 Å². The molecule has 1 aliphatic carbocycles. The first-order chi connectivity index (χ1) is 16.3. The minimum atomic E-state index is -1.06. The number of hydrogen-bond acceptors (Lipinski definition) is 4. The van der Waals surface area contributed by atoms with Gasteiger partial charge in [0.15, 0.2) is 17.3 Å². The maximum Gasteiger partial charge on any atom is 0.272 e. The van der Waals surface area contributed by atoms with Crippen molar-refractivity contribution in [2.45, 2.75) is 51.5 Å². The van der Waals surface area contributed by atoms with E-state index < -0.39 is 28.9 Å². The molecule has 1 aromatic carbocycles. The van der Waals surface area contributed by atoms with Crippen LogP contribution in [0.5, 0.6) is 0 Å². The third kappa shape index (κ3) is 4.51. The molecular formula is C23H26ClF2N5O3. The third-order valence-electron chi connectivity index (χ3n) is 6.71. The summed E-state index contributed by atoms with van der Waals surface area (Å²) in [5.74, 6) is -3.12. The van der Waals surface area contributed by atoms with Crippen molar-refractivity contribution in [1.82, 2.24) is 20.6 Å². The van der Waals surface area contributed by atoms with Gasteiger partial charge in [0.2, 0.25) is 5.91 Å². The van der Waals surface area contributed by atoms with Crippen LogP contribution in [0.2, 0.25) is 5.02 Å². The molecule has 3 N–H and O–H groups in total. The lowest BCUT2D eigenvalue weighted by molar-refractivity contribution is -0.132. The number of nitrogens with one attached hydrogen (secondary N) is 3. The van der Waals surface area contributed by atoms with E-state index in [4.69, 9.17) is 11.6 Å². The van der Waals surface area contributed by atoms with Crippen LogP contribution in [0.3, 0.4) is 0 Å². The Kier molecular flexibility index (Phi) is 6.88. The van der Waals surface area contributed by atoms with E-state index in [1.54, 1.807) is 6.92 Å². The fourth-order valence-electron chi connectivity index (χ4n) is 4.94. The second-order valence-corrected chi connectivity index (χ2v) is 9.20. The van der Waals surface area contributed by atoms with Gasteiger partial charge < -0.3 is 20.5 Å². The van der Waals surface area contributed by atoms with Gasteiger partial charge in [-0.05, 0) is 51.5 Å². The van der Waals surface area contributed by atoms with Crippen LogP contribution in [0, 0.1) is 17.0 Å². The molecule has 1 aromatic heterocycles. The molecule has 3 amide bonds. The number of benzene rings is 1. The van der Waals surface area contributed by atoms with Crippen molar-refractivity contribution in [1.29, 1.82) is 0 Å². The SMILES string of the molecule is CCNC(=O)c1nc[nH]c1C(=O)N[C@H]1CC[C@@]2(CCCN(c3cc(F)c(F)cc3Cl)C2=O)CC1. The van der Waals surface area contributed by atoms with Crippen LogP contribution >= 0.6 is 11.6 Å². The number of halogens is 3. The molecule has 0 radical (unpaired) electrons. The number of hydrogen-bond donors (Lipinski definition) is 3. The van der Waals surface area contributed by atoms with E-state index in [0.29, 0.717) is 51.6 Å². The summed E-state index contributed by atoms with van der Waals surface area (Å²) >= 11 is 6.13. The Balaban J connectivity index is 1.42. The lowest BCUT2D eigenvalue weighted by Gasteiger charge is -2.45. The number of amides is 3. The van der Waals surface area contributed by atoms with E-state index in [-0.39, 0.29) is 34.0 Å². The first kappa shape index (κ1) is 24.1. The van der Waals surface area contributed by atoms with Crippen molar-refractivity contribution in [3.05, 3.63) is 46.5 Å². The van der Waals surface area contributed by atoms with Crippen molar-refractivity contribution in [2.24, 2.45) is 5.41 Å². The van der Waals surface area contributed by atoms with Crippen molar-refractivity contribution in [2.75, 3.05) is 18.0 Å². The maximum atomic E-state index is 13.8. The Labute approximate surface area is 200 Å². The van der Waals surface area contributed by atoms with E-state index >= 15 is 0 Å². The van der Waals surface area contributed by atoms with Crippen LogP contribution in [0.15, 0.2) is 18.5 Å². The van der Waals surface area contributed by atoms with Gasteiger partial charge in [-0.15, -0.1) is 0 Å². The van der Waals surface area contributed by atoms with E-state index in [9.17, 15) is 23.2 Å². The van der Waals surface area contributed by atoms with Crippen molar-refractivity contribution >= 4 is 35.0 Å². The number of anilines is 1. The van der Waals surface area contributed by atoms with Gasteiger partial charge in [-0.3, -0.25) is 14.4 Å². The number of piperidine rings is 1. The highest BCUT2D eigenvalue weighted by Crippen LogP contribution is 2.46. The van der Waals surface area contributed by atoms with E-state index in [0.717, 1.165) is 12.1 Å². The minimum absolute atomic E-state index is 0.00674. The molecule has 2 aromatic rings. The Hall–Kier alpha value is -3.01. The lowest BCUT2D eigenvalue weighted by Crippen LogP contribution is -2.52. The normalized spacial score (nSPS) is 22.6. The average molecular weight is 494 g/mol. The van der Waals surface area contributed by atoms with Crippen LogP contribution in [-0.2, 0) is 4.79 Å². The molecule has 34 heavy (non-hydrogen) atoms. The number of imidazole rings is 1. The molecule has 0 bridgehead atoms. The molecule has 0 atom stereocenters. The fourth-order valence-corrected chi connectivity index (χ4v) is 5.19. The fraction of sp³-hybridized carbons (Fsp3) is 0.478. The summed E-state index contributed by atoms with van der Waals surface area (Å²) in [6.45, 7) is 2.57. The average Bonchev–Trinajstić information content (AvgIpc) is 3.30. The Bertz CT molecular complexity index is 1110. The summed E-state index contributed by atoms with van der Waals surface area (Å²) < 4.78 is 27.3. The summed E-state index contributed by atoms with van der Waals surface area (Å²) in [6, 6.07) is 1.69. The molecule has 1 spiro atoms. The summed E-state index contributed by atoms with van der Waals surface area (Å²) in [4.78, 5) is 46.4. The zero-order chi connectivity index (χ0) is 24.5. The zero-order valence-corrected chi connectivity index (χ0v) is 19.5. The molecule has 1 saturated carbocycles. The molecule has 1 saturated heterocycles. The largest absolute Gasteiger partial charge is 0.351 e. The molecule has 2 fully saturated rings. The molecule has 2 aliphatic rings. The van der Waals surface area contributed by atoms with Crippen molar-refractivity contribution in [3.63, 3.8) is 0 Å². The van der Waals surface area contributed by atoms with Gasteiger partial charge in [-0.2, -0.15) is 0 Å². The predicted octanol–water partition coefficient (Wildman–Crippen LogP) is 3.58. The number of carbonyl (C=O) groups excluding carboxylic acids is 3. The van der Waals surface area contributed by atoms with Gasteiger partial charge in [0.25, 0.3) is 11.8 Å². The van der Waals surface area contributed by atoms with Gasteiger partial charge in [-0.1, -0.05) is 11.6 Å². The highest BCUT2D eigenvalue weighted by atomic mass is 35.5. The number of aromatic amines is 1. The second kappa shape index (κ2) is 9.69. The van der Waals surface area contributed by atoms with Gasteiger partial charge in [0.05, 0.1) is 17.0 Å². The summed E-state index contributed by atoms with van der Waals surface area (Å²) in [5, 5.41) is 5.55. The standard InChI is InChI=1S/C23H26ClF2N5O3/c1-2-27-20(32)18-19(29-12-28-18)21(33)30-13-4-7-23(8-5-13)6-3-9-31(22(23)34)17-11-16(26)15(25)10-14(17)24/h10-13H,2-9H2,1H3,(H,27,32)(H,28,29)(H,30,33)/t13-,23-. The summed E-state index contributed by atoms with van der Waals surface area (Å²) in [5.41, 5.74) is -0.321. The van der Waals surface area contributed by atoms with Crippen LogP contribution in [0.4, 0.5) is 14.5 Å². The molecule has 182 valence electrons. The number of H-pyrrole nitrogens is 1. The van der Waals surface area contributed by atoms with Gasteiger partial charge in [0, 0.05) is 30.6 Å². The molecule has 8 nitrogen and oxygen atoms in total. The Morgan fingerprint density at radius 2 is 1.91 bits per heavy atom. The first-order valence-electron chi connectivity index (χ1n) is 11.3. The van der Waals surface area contributed by atoms with Crippen LogP contribution < -0.4 is 15.5 Å². The zero-order valence-electron chi connectivity index (χ0n) is 18.7. The number of carbonyl (C=O) groups is 3. The molecule has 11 heteroatoms. The number of nitrogens with zero attached hydrogens (tertiary/aromatic N) is 2. The van der Waals surface area contributed by atoms with Gasteiger partial charge in [0.1, 0.15) is 5.69 Å². The molecule has 1 aliphatic heterocycles. The second-order valence-electron chi connectivity index (χ2n) is 8.79. The van der Waals surface area contributed by atoms with Gasteiger partial charge >= 0.3 is 0 Å². The number of rotatable bonds is 5. The smallest absolute Gasteiger partial charge is 0.272 e. The predicted molar refractivity (Wildman–Crippen MR) is 122 cm³/mol. The van der Waals surface area contributed by atoms with E-state index in [1.807, 2.05) is 0 Å². The van der Waals surface area contributed by atoms with Crippen LogP contribution in [0.25, 0.3) is 0 Å². The third-order valence-corrected chi connectivity index (χ3v) is 7.02. The highest BCUT2D eigenvalue weighted by molar-refractivity contribution is 6.33. The topological polar surface area (TPSA) is 107 Å². The monoisotopic (exact) mass is 493 g/mol. The maximum absolute atomic E-state index is 13.8. The minimum Gasteiger partial charge on any atom is -0.351 e. The van der Waals surface area contributed by atoms with Crippen LogP contribution in [0.1, 0.15) is 66.4 Å². The Morgan fingerprint density at radius 3 is 2.62 bits per heavy atom. The number of aromatic nitrogens is 2. The molecule has 2 heterocycles. The Morgan fingerprint density at radius 1 is 1.21 bits per heavy atom. The van der Waals surface area contributed by atoms with E-state index in [1.165, 1.54) is 11.2 Å². The molecular weight excluding hydrogens is 468 g/mol. The molecule has 4 rings (SSSR count).